The van der Waals surface area contributed by atoms with Crippen molar-refractivity contribution in [2.24, 2.45) is 0 Å². The summed E-state index contributed by atoms with van der Waals surface area (Å²) < 4.78 is 0. The van der Waals surface area contributed by atoms with Gasteiger partial charge < -0.3 is 4.90 Å². The van der Waals surface area contributed by atoms with Crippen molar-refractivity contribution in [2.75, 3.05) is 20.1 Å². The first kappa shape index (κ1) is 8.03. The Morgan fingerprint density at radius 2 is 2.55 bits per heavy atom. The fourth-order valence-electron chi connectivity index (χ4n) is 1.15. The first-order chi connectivity index (χ1) is 5.24. The smallest absolute Gasteiger partial charge is 0.232 e. The topological polar surface area (TPSA) is 20.3 Å². The van der Waals surface area contributed by atoms with Crippen molar-refractivity contribution in [3.8, 4) is 12.3 Å². The summed E-state index contributed by atoms with van der Waals surface area (Å²) in [5.74, 6) is 1.95. The maximum atomic E-state index is 11.0. The van der Waals surface area contributed by atoms with Gasteiger partial charge in [0.25, 0.3) is 0 Å². The summed E-state index contributed by atoms with van der Waals surface area (Å²) in [5, 5.41) is 0. The number of likely N-dealkylation sites (N-methyl/N-ethyl adjacent to an activating group) is 1. The minimum Gasteiger partial charge on any atom is -0.302 e. The number of ketones is 1. The van der Waals surface area contributed by atoms with Crippen LogP contribution < -0.4 is 0 Å². The number of hydrogen-bond donors (Lipinski definition) is 0. The van der Waals surface area contributed by atoms with E-state index in [-0.39, 0.29) is 5.78 Å². The van der Waals surface area contributed by atoms with Gasteiger partial charge in [0.15, 0.2) is 0 Å². The molecule has 0 aromatic heterocycles. The number of rotatable bonds is 1. The van der Waals surface area contributed by atoms with Crippen LogP contribution >= 0.6 is 0 Å². The lowest BCUT2D eigenvalue weighted by molar-refractivity contribution is -0.110. The summed E-state index contributed by atoms with van der Waals surface area (Å²) >= 11 is 0. The van der Waals surface area contributed by atoms with Crippen LogP contribution in [0.2, 0.25) is 0 Å². The van der Waals surface area contributed by atoms with Crippen LogP contribution in [0.15, 0.2) is 11.6 Å². The fraction of sp³-hybridized carbons (Fsp3) is 0.444. The van der Waals surface area contributed by atoms with Crippen LogP contribution in [0.5, 0.6) is 0 Å². The van der Waals surface area contributed by atoms with Gasteiger partial charge in [-0.15, -0.1) is 6.42 Å². The number of carbonyl (C=O) groups is 1. The lowest BCUT2D eigenvalue weighted by Gasteiger charge is -2.20. The largest absolute Gasteiger partial charge is 0.302 e. The van der Waals surface area contributed by atoms with Crippen LogP contribution in [0.3, 0.4) is 0 Å². The van der Waals surface area contributed by atoms with E-state index < -0.39 is 0 Å². The second-order valence-corrected chi connectivity index (χ2v) is 2.73. The number of Topliss-reactive ketones (excluding diaryl/α,β-unsaturated/α-hetero) is 1. The van der Waals surface area contributed by atoms with Crippen LogP contribution in [0.4, 0.5) is 0 Å². The van der Waals surface area contributed by atoms with Gasteiger partial charge in [-0.3, -0.25) is 4.79 Å². The Labute approximate surface area is 66.9 Å². The number of terminal acetylenes is 1. The summed E-state index contributed by atoms with van der Waals surface area (Å²) in [4.78, 5) is 13.1. The molecule has 0 radical (unpaired) electrons. The van der Waals surface area contributed by atoms with E-state index in [4.69, 9.17) is 6.42 Å². The van der Waals surface area contributed by atoms with E-state index >= 15 is 0 Å². The molecule has 0 bridgehead atoms. The molecule has 0 N–H and O–H groups in total. The molecule has 0 amide bonds. The Bertz CT molecular complexity index is 234. The van der Waals surface area contributed by atoms with Crippen molar-refractivity contribution in [1.29, 1.82) is 0 Å². The van der Waals surface area contributed by atoms with Crippen molar-refractivity contribution in [2.45, 2.75) is 6.42 Å². The van der Waals surface area contributed by atoms with Gasteiger partial charge >= 0.3 is 0 Å². The number of carbonyl (C=O) groups excluding carboxylic acids is 1. The molecule has 1 heterocycles. The van der Waals surface area contributed by atoms with Crippen LogP contribution in [0.1, 0.15) is 6.42 Å². The van der Waals surface area contributed by atoms with Crippen molar-refractivity contribution >= 4 is 5.78 Å². The Kier molecular flexibility index (Phi) is 2.45. The summed E-state index contributed by atoms with van der Waals surface area (Å²) in [7, 11) is 1.98. The molecule has 1 aliphatic rings. The standard InChI is InChI=1S/C9H11NO/c1-3-9(11)8-5-4-6-10(2)7-8/h1,5H,4,6-7H2,2H3. The molecule has 0 spiro atoms. The third-order valence-corrected chi connectivity index (χ3v) is 1.76. The van der Waals surface area contributed by atoms with Gasteiger partial charge in [-0.05, 0) is 19.4 Å². The Balaban J connectivity index is 2.67. The quantitative estimate of drug-likeness (QED) is 0.398. The molecule has 1 aliphatic heterocycles. The Hall–Kier alpha value is -1.07. The van der Waals surface area contributed by atoms with Gasteiger partial charge in [0.2, 0.25) is 5.78 Å². The van der Waals surface area contributed by atoms with Crippen LogP contribution in [0, 0.1) is 12.3 Å². The number of nitrogens with zero attached hydrogens (tertiary/aromatic N) is 1. The second kappa shape index (κ2) is 3.36. The summed E-state index contributed by atoms with van der Waals surface area (Å²) in [6.45, 7) is 1.71. The third-order valence-electron chi connectivity index (χ3n) is 1.76. The molecule has 0 aromatic rings. The van der Waals surface area contributed by atoms with Gasteiger partial charge in [-0.2, -0.15) is 0 Å². The third kappa shape index (κ3) is 1.92. The molecule has 0 unspecified atom stereocenters. The molecule has 2 nitrogen and oxygen atoms in total. The zero-order valence-corrected chi connectivity index (χ0v) is 6.63. The summed E-state index contributed by atoms with van der Waals surface area (Å²) in [6, 6.07) is 0. The average molecular weight is 149 g/mol. The molecular weight excluding hydrogens is 138 g/mol. The van der Waals surface area contributed by atoms with E-state index in [9.17, 15) is 4.79 Å². The van der Waals surface area contributed by atoms with Gasteiger partial charge in [0.05, 0.1) is 0 Å². The van der Waals surface area contributed by atoms with Crippen molar-refractivity contribution in [1.82, 2.24) is 4.90 Å². The lowest BCUT2D eigenvalue weighted by atomic mass is 10.1. The van der Waals surface area contributed by atoms with E-state index in [1.807, 2.05) is 13.1 Å². The van der Waals surface area contributed by atoms with Crippen LogP contribution in [0.25, 0.3) is 0 Å². The van der Waals surface area contributed by atoms with Gasteiger partial charge in [-0.1, -0.05) is 6.08 Å². The average Bonchev–Trinajstić information content (AvgIpc) is 2.03. The zero-order chi connectivity index (χ0) is 8.27. The second-order valence-electron chi connectivity index (χ2n) is 2.73. The minimum atomic E-state index is -0.170. The maximum Gasteiger partial charge on any atom is 0.232 e. The zero-order valence-electron chi connectivity index (χ0n) is 6.63. The predicted molar refractivity (Wildman–Crippen MR) is 44.0 cm³/mol. The van der Waals surface area contributed by atoms with Gasteiger partial charge in [0.1, 0.15) is 0 Å². The number of hydrogen-bond acceptors (Lipinski definition) is 2. The minimum absolute atomic E-state index is 0.170. The highest BCUT2D eigenvalue weighted by Gasteiger charge is 2.12. The van der Waals surface area contributed by atoms with Crippen molar-refractivity contribution < 1.29 is 4.79 Å². The molecule has 2 heteroatoms. The van der Waals surface area contributed by atoms with E-state index in [1.54, 1.807) is 0 Å². The van der Waals surface area contributed by atoms with Crippen LogP contribution in [-0.4, -0.2) is 30.8 Å². The first-order valence-corrected chi connectivity index (χ1v) is 3.62. The highest BCUT2D eigenvalue weighted by atomic mass is 16.1. The molecule has 1 rings (SSSR count). The van der Waals surface area contributed by atoms with Gasteiger partial charge in [0, 0.05) is 18.7 Å². The molecule has 0 fully saturated rings. The molecule has 0 aromatic carbocycles. The first-order valence-electron chi connectivity index (χ1n) is 3.62. The van der Waals surface area contributed by atoms with Crippen molar-refractivity contribution in [3.05, 3.63) is 11.6 Å². The highest BCUT2D eigenvalue weighted by molar-refractivity contribution is 6.08. The van der Waals surface area contributed by atoms with Gasteiger partial charge in [-0.25, -0.2) is 0 Å². The molecule has 11 heavy (non-hydrogen) atoms. The molecule has 0 atom stereocenters. The maximum absolute atomic E-state index is 11.0. The SMILES string of the molecule is C#CC(=O)C1=CCCN(C)C1. The molecule has 0 saturated heterocycles. The summed E-state index contributed by atoms with van der Waals surface area (Å²) in [6.07, 6.45) is 7.85. The van der Waals surface area contributed by atoms with E-state index in [0.29, 0.717) is 6.54 Å². The molecule has 0 aliphatic carbocycles. The Morgan fingerprint density at radius 3 is 3.09 bits per heavy atom. The van der Waals surface area contributed by atoms with Crippen molar-refractivity contribution in [3.63, 3.8) is 0 Å². The molecule has 0 saturated carbocycles. The summed E-state index contributed by atoms with van der Waals surface area (Å²) in [5.41, 5.74) is 0.765. The lowest BCUT2D eigenvalue weighted by Crippen LogP contribution is -2.28. The molecular formula is C9H11NO. The van der Waals surface area contributed by atoms with E-state index in [0.717, 1.165) is 18.5 Å². The molecule has 58 valence electrons. The fourth-order valence-corrected chi connectivity index (χ4v) is 1.15. The van der Waals surface area contributed by atoms with E-state index in [1.165, 1.54) is 0 Å². The highest BCUT2D eigenvalue weighted by Crippen LogP contribution is 2.07. The normalized spacial score (nSPS) is 18.7. The van der Waals surface area contributed by atoms with Crippen LogP contribution in [-0.2, 0) is 4.79 Å². The van der Waals surface area contributed by atoms with E-state index in [2.05, 4.69) is 10.8 Å². The Morgan fingerprint density at radius 1 is 1.82 bits per heavy atom. The monoisotopic (exact) mass is 149 g/mol. The predicted octanol–water partition coefficient (Wildman–Crippen LogP) is 0.451.